The number of allylic oxidation sites excluding steroid dienone is 1. The number of ether oxygens (including phenoxy) is 2. The molecule has 21 heavy (non-hydrogen) atoms. The zero-order chi connectivity index (χ0) is 14.9. The fraction of sp³-hybridized carbons (Fsp3) is 0.167. The van der Waals surface area contributed by atoms with Crippen LogP contribution >= 0.6 is 0 Å². The Balaban J connectivity index is 1.83. The Morgan fingerprint density at radius 3 is 2.29 bits per heavy atom. The average molecular weight is 282 g/mol. The summed E-state index contributed by atoms with van der Waals surface area (Å²) in [6.07, 6.45) is 3.06. The molecule has 0 saturated heterocycles. The van der Waals surface area contributed by atoms with Crippen molar-refractivity contribution in [3.63, 3.8) is 0 Å². The maximum Gasteiger partial charge on any atom is 0.330 e. The molecule has 0 radical (unpaired) electrons. The molecule has 0 fully saturated rings. The monoisotopic (exact) mass is 282 g/mol. The van der Waals surface area contributed by atoms with E-state index in [1.54, 1.807) is 13.0 Å². The Bertz CT molecular complexity index is 586. The van der Waals surface area contributed by atoms with E-state index in [1.807, 2.05) is 54.6 Å². The third kappa shape index (κ3) is 5.15. The molecule has 108 valence electrons. The Labute approximate surface area is 124 Å². The van der Waals surface area contributed by atoms with Gasteiger partial charge in [0, 0.05) is 6.08 Å². The van der Waals surface area contributed by atoms with E-state index in [0.29, 0.717) is 6.61 Å². The molecule has 0 bridgehead atoms. The van der Waals surface area contributed by atoms with E-state index in [2.05, 4.69) is 0 Å². The largest absolute Gasteiger partial charge is 0.489 e. The summed E-state index contributed by atoms with van der Waals surface area (Å²) in [5.74, 6) is 0.462. The second kappa shape index (κ2) is 7.90. The molecular weight excluding hydrogens is 264 g/mol. The number of esters is 1. The van der Waals surface area contributed by atoms with Crippen molar-refractivity contribution in [2.24, 2.45) is 0 Å². The van der Waals surface area contributed by atoms with Crippen LogP contribution in [-0.4, -0.2) is 5.97 Å². The lowest BCUT2D eigenvalue weighted by Crippen LogP contribution is -2.00. The number of hydrogen-bond acceptors (Lipinski definition) is 3. The molecule has 2 aromatic carbocycles. The van der Waals surface area contributed by atoms with Gasteiger partial charge in [0.15, 0.2) is 0 Å². The predicted octanol–water partition coefficient (Wildman–Crippen LogP) is 3.88. The highest BCUT2D eigenvalue weighted by Crippen LogP contribution is 2.14. The Morgan fingerprint density at radius 2 is 1.62 bits per heavy atom. The standard InChI is InChI=1S/C18H18O3/c1-2-6-18(19)21-14-16-9-11-17(12-10-16)20-13-15-7-4-3-5-8-15/h2-12H,13-14H2,1H3/b6-2+. The highest BCUT2D eigenvalue weighted by atomic mass is 16.5. The summed E-state index contributed by atoms with van der Waals surface area (Å²) in [6, 6.07) is 17.5. The minimum absolute atomic E-state index is 0.266. The van der Waals surface area contributed by atoms with Crippen LogP contribution in [0.15, 0.2) is 66.7 Å². The first kappa shape index (κ1) is 14.9. The zero-order valence-electron chi connectivity index (χ0n) is 12.0. The van der Waals surface area contributed by atoms with Crippen LogP contribution in [0.3, 0.4) is 0 Å². The quantitative estimate of drug-likeness (QED) is 0.595. The molecule has 0 aliphatic rings. The van der Waals surface area contributed by atoms with Gasteiger partial charge in [-0.3, -0.25) is 0 Å². The summed E-state index contributed by atoms with van der Waals surface area (Å²) in [5.41, 5.74) is 2.06. The van der Waals surface area contributed by atoms with Gasteiger partial charge in [0.2, 0.25) is 0 Å². The van der Waals surface area contributed by atoms with Crippen molar-refractivity contribution in [3.8, 4) is 5.75 Å². The summed E-state index contributed by atoms with van der Waals surface area (Å²) in [4.78, 5) is 11.2. The second-order valence-electron chi connectivity index (χ2n) is 4.53. The van der Waals surface area contributed by atoms with Crippen LogP contribution in [0.4, 0.5) is 0 Å². The summed E-state index contributed by atoms with van der Waals surface area (Å²) >= 11 is 0. The van der Waals surface area contributed by atoms with E-state index in [0.717, 1.165) is 16.9 Å². The van der Waals surface area contributed by atoms with Crippen LogP contribution in [0.2, 0.25) is 0 Å². The lowest BCUT2D eigenvalue weighted by atomic mass is 10.2. The first-order valence-corrected chi connectivity index (χ1v) is 6.83. The molecule has 3 heteroatoms. The Morgan fingerprint density at radius 1 is 0.952 bits per heavy atom. The van der Waals surface area contributed by atoms with Crippen molar-refractivity contribution in [2.45, 2.75) is 20.1 Å². The molecule has 0 heterocycles. The molecule has 0 saturated carbocycles. The van der Waals surface area contributed by atoms with E-state index in [-0.39, 0.29) is 12.6 Å². The molecule has 2 aromatic rings. The van der Waals surface area contributed by atoms with Crippen LogP contribution in [0.25, 0.3) is 0 Å². The Hall–Kier alpha value is -2.55. The van der Waals surface area contributed by atoms with E-state index < -0.39 is 0 Å². The summed E-state index contributed by atoms with van der Waals surface area (Å²) < 4.78 is 10.8. The predicted molar refractivity (Wildman–Crippen MR) is 81.8 cm³/mol. The number of benzene rings is 2. The van der Waals surface area contributed by atoms with E-state index in [1.165, 1.54) is 6.08 Å². The van der Waals surface area contributed by atoms with Crippen LogP contribution in [-0.2, 0) is 22.7 Å². The number of carbonyl (C=O) groups is 1. The summed E-state index contributed by atoms with van der Waals surface area (Å²) in [6.45, 7) is 2.58. The average Bonchev–Trinajstić information content (AvgIpc) is 2.53. The van der Waals surface area contributed by atoms with Gasteiger partial charge in [0.05, 0.1) is 0 Å². The van der Waals surface area contributed by atoms with Gasteiger partial charge in [0.25, 0.3) is 0 Å². The van der Waals surface area contributed by atoms with Gasteiger partial charge >= 0.3 is 5.97 Å². The lowest BCUT2D eigenvalue weighted by molar-refractivity contribution is -0.139. The first-order valence-electron chi connectivity index (χ1n) is 6.83. The maximum absolute atomic E-state index is 11.2. The Kier molecular flexibility index (Phi) is 5.59. The zero-order valence-corrected chi connectivity index (χ0v) is 12.0. The fourth-order valence-corrected chi connectivity index (χ4v) is 1.76. The van der Waals surface area contributed by atoms with Crippen LogP contribution in [0.1, 0.15) is 18.1 Å². The minimum Gasteiger partial charge on any atom is -0.489 e. The topological polar surface area (TPSA) is 35.5 Å². The highest BCUT2D eigenvalue weighted by Gasteiger charge is 2.00. The van der Waals surface area contributed by atoms with Gasteiger partial charge < -0.3 is 9.47 Å². The van der Waals surface area contributed by atoms with E-state index in [4.69, 9.17) is 9.47 Å². The second-order valence-corrected chi connectivity index (χ2v) is 4.53. The maximum atomic E-state index is 11.2. The third-order valence-corrected chi connectivity index (χ3v) is 2.86. The number of hydrogen-bond donors (Lipinski definition) is 0. The molecule has 0 aliphatic carbocycles. The minimum atomic E-state index is -0.332. The lowest BCUT2D eigenvalue weighted by Gasteiger charge is -2.07. The van der Waals surface area contributed by atoms with Crippen LogP contribution in [0.5, 0.6) is 5.75 Å². The number of rotatable bonds is 6. The van der Waals surface area contributed by atoms with Crippen molar-refractivity contribution in [2.75, 3.05) is 0 Å². The summed E-state index contributed by atoms with van der Waals surface area (Å²) in [5, 5.41) is 0. The molecule has 0 atom stereocenters. The molecule has 2 rings (SSSR count). The number of carbonyl (C=O) groups excluding carboxylic acids is 1. The van der Waals surface area contributed by atoms with Gasteiger partial charge in [-0.1, -0.05) is 48.5 Å². The smallest absolute Gasteiger partial charge is 0.330 e. The molecular formula is C18H18O3. The van der Waals surface area contributed by atoms with Crippen LogP contribution in [0, 0.1) is 0 Å². The normalized spacial score (nSPS) is 10.5. The third-order valence-electron chi connectivity index (χ3n) is 2.86. The van der Waals surface area contributed by atoms with Crippen molar-refractivity contribution in [1.29, 1.82) is 0 Å². The van der Waals surface area contributed by atoms with E-state index in [9.17, 15) is 4.79 Å². The van der Waals surface area contributed by atoms with Crippen molar-refractivity contribution in [3.05, 3.63) is 77.9 Å². The van der Waals surface area contributed by atoms with Gasteiger partial charge in [-0.25, -0.2) is 4.79 Å². The molecule has 0 spiro atoms. The van der Waals surface area contributed by atoms with Gasteiger partial charge in [0.1, 0.15) is 19.0 Å². The molecule has 0 unspecified atom stereocenters. The summed E-state index contributed by atoms with van der Waals surface area (Å²) in [7, 11) is 0. The SMILES string of the molecule is C/C=C/C(=O)OCc1ccc(OCc2ccccc2)cc1. The van der Waals surface area contributed by atoms with Gasteiger partial charge in [-0.2, -0.15) is 0 Å². The first-order chi connectivity index (χ1) is 10.3. The fourth-order valence-electron chi connectivity index (χ4n) is 1.76. The molecule has 0 N–H and O–H groups in total. The molecule has 0 aliphatic heterocycles. The molecule has 0 amide bonds. The van der Waals surface area contributed by atoms with Crippen molar-refractivity contribution >= 4 is 5.97 Å². The molecule has 3 nitrogen and oxygen atoms in total. The van der Waals surface area contributed by atoms with Crippen LogP contribution < -0.4 is 4.74 Å². The van der Waals surface area contributed by atoms with E-state index >= 15 is 0 Å². The molecule has 0 aromatic heterocycles. The van der Waals surface area contributed by atoms with Gasteiger partial charge in [-0.15, -0.1) is 0 Å². The van der Waals surface area contributed by atoms with Crippen molar-refractivity contribution in [1.82, 2.24) is 0 Å². The van der Waals surface area contributed by atoms with Crippen molar-refractivity contribution < 1.29 is 14.3 Å². The highest BCUT2D eigenvalue weighted by molar-refractivity contribution is 5.81. The van der Waals surface area contributed by atoms with Gasteiger partial charge in [-0.05, 0) is 30.2 Å².